The molecule has 0 unspecified atom stereocenters. The number of fused-ring (bicyclic) bond motifs is 1. The summed E-state index contributed by atoms with van der Waals surface area (Å²) in [5, 5.41) is 3.69. The van der Waals surface area contributed by atoms with Crippen LogP contribution < -0.4 is 10.1 Å². The molecule has 0 aliphatic rings. The molecule has 0 bridgehead atoms. The zero-order valence-corrected chi connectivity index (χ0v) is 14.6. The number of hydrogen-bond donors (Lipinski definition) is 1. The van der Waals surface area contributed by atoms with Crippen molar-refractivity contribution in [2.75, 3.05) is 12.4 Å². The van der Waals surface area contributed by atoms with E-state index in [9.17, 15) is 9.59 Å². The van der Waals surface area contributed by atoms with Crippen LogP contribution >= 0.6 is 11.3 Å². The van der Waals surface area contributed by atoms with Gasteiger partial charge in [-0.1, -0.05) is 18.2 Å². The summed E-state index contributed by atoms with van der Waals surface area (Å²) in [5.41, 5.74) is 0.607. The Bertz CT molecular complexity index is 868. The minimum Gasteiger partial charge on any atom is -0.497 e. The van der Waals surface area contributed by atoms with Gasteiger partial charge in [-0.15, -0.1) is 11.3 Å². The van der Waals surface area contributed by atoms with Crippen LogP contribution in [0.25, 0.3) is 10.1 Å². The second kappa shape index (κ2) is 7.36. The number of anilines is 1. The standard InChI is InChI=1S/C19H17NO4S/c1-12(18(21)20-14-7-9-15(23-2)10-8-14)24-19(22)17-11-13-5-3-4-6-16(13)25-17/h3-12H,1-2H3,(H,20,21)/t12-/m1/s1. The molecule has 0 saturated heterocycles. The van der Waals surface area contributed by atoms with Crippen molar-refractivity contribution in [1.82, 2.24) is 0 Å². The van der Waals surface area contributed by atoms with Gasteiger partial charge in [-0.05, 0) is 48.7 Å². The Morgan fingerprint density at radius 1 is 1.08 bits per heavy atom. The Morgan fingerprint density at radius 3 is 2.48 bits per heavy atom. The fraction of sp³-hybridized carbons (Fsp3) is 0.158. The van der Waals surface area contributed by atoms with E-state index < -0.39 is 12.1 Å². The molecule has 1 heterocycles. The van der Waals surface area contributed by atoms with Crippen molar-refractivity contribution >= 4 is 39.0 Å². The average molecular weight is 355 g/mol. The number of benzene rings is 2. The lowest BCUT2D eigenvalue weighted by Gasteiger charge is -2.13. The van der Waals surface area contributed by atoms with Crippen LogP contribution in [0.2, 0.25) is 0 Å². The first-order valence-corrected chi connectivity index (χ1v) is 8.53. The minimum atomic E-state index is -0.903. The first-order valence-electron chi connectivity index (χ1n) is 7.71. The molecule has 128 valence electrons. The number of rotatable bonds is 5. The van der Waals surface area contributed by atoms with Crippen molar-refractivity contribution < 1.29 is 19.1 Å². The van der Waals surface area contributed by atoms with Crippen LogP contribution in [-0.2, 0) is 9.53 Å². The molecule has 0 fully saturated rings. The molecule has 0 saturated carbocycles. The van der Waals surface area contributed by atoms with Crippen LogP contribution in [0.15, 0.2) is 54.6 Å². The summed E-state index contributed by atoms with van der Waals surface area (Å²) in [6.45, 7) is 1.55. The molecule has 25 heavy (non-hydrogen) atoms. The van der Waals surface area contributed by atoms with Crippen molar-refractivity contribution in [2.24, 2.45) is 0 Å². The maximum absolute atomic E-state index is 12.3. The molecular formula is C19H17NO4S. The maximum atomic E-state index is 12.3. The highest BCUT2D eigenvalue weighted by molar-refractivity contribution is 7.20. The van der Waals surface area contributed by atoms with Gasteiger partial charge in [-0.2, -0.15) is 0 Å². The number of methoxy groups -OCH3 is 1. The van der Waals surface area contributed by atoms with E-state index >= 15 is 0 Å². The lowest BCUT2D eigenvalue weighted by Crippen LogP contribution is -2.29. The van der Waals surface area contributed by atoms with Crippen molar-refractivity contribution in [3.63, 3.8) is 0 Å². The van der Waals surface area contributed by atoms with Crippen LogP contribution in [0.4, 0.5) is 5.69 Å². The maximum Gasteiger partial charge on any atom is 0.349 e. The van der Waals surface area contributed by atoms with E-state index in [1.807, 2.05) is 24.3 Å². The molecule has 3 rings (SSSR count). The Kier molecular flexibility index (Phi) is 5.00. The quantitative estimate of drug-likeness (QED) is 0.700. The molecule has 1 amide bonds. The highest BCUT2D eigenvalue weighted by Gasteiger charge is 2.20. The number of hydrogen-bond acceptors (Lipinski definition) is 5. The van der Waals surface area contributed by atoms with Gasteiger partial charge in [-0.3, -0.25) is 4.79 Å². The topological polar surface area (TPSA) is 64.6 Å². The Labute approximate surface area is 149 Å². The molecule has 1 atom stereocenters. The number of esters is 1. The number of nitrogens with one attached hydrogen (secondary N) is 1. The fourth-order valence-electron chi connectivity index (χ4n) is 2.27. The van der Waals surface area contributed by atoms with E-state index in [1.165, 1.54) is 11.3 Å². The first-order chi connectivity index (χ1) is 12.1. The summed E-state index contributed by atoms with van der Waals surface area (Å²) in [4.78, 5) is 24.9. The van der Waals surface area contributed by atoms with E-state index in [1.54, 1.807) is 44.4 Å². The van der Waals surface area contributed by atoms with E-state index in [0.717, 1.165) is 10.1 Å². The second-order valence-electron chi connectivity index (χ2n) is 5.41. The number of carbonyl (C=O) groups excluding carboxylic acids is 2. The van der Waals surface area contributed by atoms with Crippen LogP contribution in [0.1, 0.15) is 16.6 Å². The minimum absolute atomic E-state index is 0.389. The third-order valence-electron chi connectivity index (χ3n) is 3.64. The largest absolute Gasteiger partial charge is 0.497 e. The summed E-state index contributed by atoms with van der Waals surface area (Å²) >= 11 is 1.35. The van der Waals surface area contributed by atoms with Gasteiger partial charge < -0.3 is 14.8 Å². The number of carbonyl (C=O) groups is 2. The number of amides is 1. The first kappa shape index (κ1) is 17.0. The van der Waals surface area contributed by atoms with Crippen molar-refractivity contribution in [1.29, 1.82) is 0 Å². The van der Waals surface area contributed by atoms with Gasteiger partial charge in [0.15, 0.2) is 6.10 Å². The molecule has 0 radical (unpaired) electrons. The lowest BCUT2D eigenvalue weighted by molar-refractivity contribution is -0.123. The summed E-state index contributed by atoms with van der Waals surface area (Å²) in [5.74, 6) is -0.194. The number of ether oxygens (including phenoxy) is 2. The van der Waals surface area contributed by atoms with Gasteiger partial charge in [0.05, 0.1) is 7.11 Å². The number of thiophene rings is 1. The molecule has 0 spiro atoms. The lowest BCUT2D eigenvalue weighted by atomic mass is 10.2. The summed E-state index contributed by atoms with van der Waals surface area (Å²) < 4.78 is 11.4. The molecule has 3 aromatic rings. The van der Waals surface area contributed by atoms with Gasteiger partial charge in [0.25, 0.3) is 5.91 Å². The second-order valence-corrected chi connectivity index (χ2v) is 6.50. The molecule has 0 aliphatic heterocycles. The Hall–Kier alpha value is -2.86. The Balaban J connectivity index is 1.62. The third-order valence-corrected chi connectivity index (χ3v) is 4.73. The molecule has 0 aliphatic carbocycles. The van der Waals surface area contributed by atoms with Gasteiger partial charge in [0.1, 0.15) is 10.6 Å². The van der Waals surface area contributed by atoms with Crippen LogP contribution in [0.5, 0.6) is 5.75 Å². The van der Waals surface area contributed by atoms with E-state index in [0.29, 0.717) is 16.3 Å². The molecule has 1 aromatic heterocycles. The zero-order valence-electron chi connectivity index (χ0n) is 13.8. The van der Waals surface area contributed by atoms with Crippen LogP contribution in [0, 0.1) is 0 Å². The smallest absolute Gasteiger partial charge is 0.349 e. The third kappa shape index (κ3) is 3.97. The fourth-order valence-corrected chi connectivity index (χ4v) is 3.22. The predicted molar refractivity (Wildman–Crippen MR) is 98.3 cm³/mol. The van der Waals surface area contributed by atoms with Gasteiger partial charge in [0, 0.05) is 10.4 Å². The van der Waals surface area contributed by atoms with Crippen LogP contribution in [-0.4, -0.2) is 25.1 Å². The van der Waals surface area contributed by atoms with Crippen molar-refractivity contribution in [2.45, 2.75) is 13.0 Å². The van der Waals surface area contributed by atoms with Gasteiger partial charge in [-0.25, -0.2) is 4.79 Å². The summed E-state index contributed by atoms with van der Waals surface area (Å²) in [6.07, 6.45) is -0.903. The molecule has 2 aromatic carbocycles. The van der Waals surface area contributed by atoms with E-state index in [-0.39, 0.29) is 5.91 Å². The van der Waals surface area contributed by atoms with E-state index in [4.69, 9.17) is 9.47 Å². The summed E-state index contributed by atoms with van der Waals surface area (Å²) in [7, 11) is 1.57. The van der Waals surface area contributed by atoms with Crippen molar-refractivity contribution in [3.8, 4) is 5.75 Å². The van der Waals surface area contributed by atoms with E-state index in [2.05, 4.69) is 5.32 Å². The highest BCUT2D eigenvalue weighted by atomic mass is 32.1. The average Bonchev–Trinajstić information content (AvgIpc) is 3.06. The highest BCUT2D eigenvalue weighted by Crippen LogP contribution is 2.26. The Morgan fingerprint density at radius 2 is 1.80 bits per heavy atom. The molecule has 1 N–H and O–H groups in total. The van der Waals surface area contributed by atoms with Crippen molar-refractivity contribution in [3.05, 3.63) is 59.5 Å². The SMILES string of the molecule is COc1ccc(NC(=O)[C@@H](C)OC(=O)c2cc3ccccc3s2)cc1. The molecular weight excluding hydrogens is 338 g/mol. The monoisotopic (exact) mass is 355 g/mol. The predicted octanol–water partition coefficient (Wildman–Crippen LogP) is 4.09. The normalized spacial score (nSPS) is 11.8. The van der Waals surface area contributed by atoms with Gasteiger partial charge >= 0.3 is 5.97 Å². The van der Waals surface area contributed by atoms with Gasteiger partial charge in [0.2, 0.25) is 0 Å². The molecule has 5 nitrogen and oxygen atoms in total. The summed E-state index contributed by atoms with van der Waals surface area (Å²) in [6, 6.07) is 16.4. The van der Waals surface area contributed by atoms with Crippen LogP contribution in [0.3, 0.4) is 0 Å². The molecule has 6 heteroatoms. The zero-order chi connectivity index (χ0) is 17.8.